The molecule has 0 aromatic heterocycles. The van der Waals surface area contributed by atoms with Gasteiger partial charge in [-0.3, -0.25) is 4.79 Å². The van der Waals surface area contributed by atoms with Crippen LogP contribution in [0, 0.1) is 0 Å². The lowest BCUT2D eigenvalue weighted by atomic mass is 10.2. The number of ether oxygens (including phenoxy) is 1. The van der Waals surface area contributed by atoms with Gasteiger partial charge < -0.3 is 20.7 Å². The fourth-order valence-corrected chi connectivity index (χ4v) is 1.79. The van der Waals surface area contributed by atoms with Crippen molar-refractivity contribution in [3.8, 4) is 0 Å². The Bertz CT molecular complexity index is 501. The standard InChI is InChI=1S/C15H21N3O3/c1-2-21-9-8-16-15(20)18-13-5-3-4-11(10-13)14(19)17-12-6-7-12/h3-5,10,12H,2,6-9H2,1H3,(H,17,19)(H2,16,18,20). The lowest BCUT2D eigenvalue weighted by Crippen LogP contribution is -2.31. The van der Waals surface area contributed by atoms with Gasteiger partial charge in [0.2, 0.25) is 0 Å². The molecule has 1 aliphatic carbocycles. The number of benzene rings is 1. The smallest absolute Gasteiger partial charge is 0.319 e. The molecule has 0 atom stereocenters. The van der Waals surface area contributed by atoms with E-state index < -0.39 is 0 Å². The molecule has 3 amide bonds. The van der Waals surface area contributed by atoms with Crippen molar-refractivity contribution in [2.45, 2.75) is 25.8 Å². The van der Waals surface area contributed by atoms with E-state index in [2.05, 4.69) is 16.0 Å². The summed E-state index contributed by atoms with van der Waals surface area (Å²) in [5, 5.41) is 8.29. The van der Waals surface area contributed by atoms with Crippen molar-refractivity contribution in [2.75, 3.05) is 25.1 Å². The van der Waals surface area contributed by atoms with Gasteiger partial charge in [0, 0.05) is 30.4 Å². The van der Waals surface area contributed by atoms with Gasteiger partial charge in [-0.1, -0.05) is 6.07 Å². The minimum Gasteiger partial charge on any atom is -0.380 e. The number of amides is 3. The molecule has 3 N–H and O–H groups in total. The van der Waals surface area contributed by atoms with E-state index in [1.54, 1.807) is 24.3 Å². The molecule has 0 spiro atoms. The van der Waals surface area contributed by atoms with Crippen LogP contribution >= 0.6 is 0 Å². The number of anilines is 1. The molecule has 2 rings (SSSR count). The average Bonchev–Trinajstić information content (AvgIpc) is 3.28. The maximum absolute atomic E-state index is 11.9. The summed E-state index contributed by atoms with van der Waals surface area (Å²) in [5.41, 5.74) is 1.14. The van der Waals surface area contributed by atoms with Crippen molar-refractivity contribution >= 4 is 17.6 Å². The van der Waals surface area contributed by atoms with Gasteiger partial charge in [0.15, 0.2) is 0 Å². The van der Waals surface area contributed by atoms with E-state index in [-0.39, 0.29) is 11.9 Å². The Morgan fingerprint density at radius 1 is 1.33 bits per heavy atom. The predicted octanol–water partition coefficient (Wildman–Crippen LogP) is 1.74. The van der Waals surface area contributed by atoms with Crippen molar-refractivity contribution in [3.63, 3.8) is 0 Å². The molecule has 0 heterocycles. The van der Waals surface area contributed by atoms with Crippen LogP contribution in [-0.2, 0) is 4.74 Å². The van der Waals surface area contributed by atoms with Gasteiger partial charge in [0.25, 0.3) is 5.91 Å². The molecular formula is C15H21N3O3. The molecule has 0 radical (unpaired) electrons. The molecule has 114 valence electrons. The van der Waals surface area contributed by atoms with Crippen LogP contribution < -0.4 is 16.0 Å². The van der Waals surface area contributed by atoms with E-state index in [0.717, 1.165) is 12.8 Å². The summed E-state index contributed by atoms with van der Waals surface area (Å²) < 4.78 is 5.13. The maximum Gasteiger partial charge on any atom is 0.319 e. The van der Waals surface area contributed by atoms with Crippen molar-refractivity contribution in [1.29, 1.82) is 0 Å². The van der Waals surface area contributed by atoms with E-state index in [4.69, 9.17) is 4.74 Å². The SMILES string of the molecule is CCOCCNC(=O)Nc1cccc(C(=O)NC2CC2)c1. The third-order valence-corrected chi connectivity index (χ3v) is 3.03. The molecule has 0 unspecified atom stereocenters. The van der Waals surface area contributed by atoms with Crippen LogP contribution in [0.4, 0.5) is 10.5 Å². The summed E-state index contributed by atoms with van der Waals surface area (Å²) in [6.07, 6.45) is 2.10. The molecule has 6 nitrogen and oxygen atoms in total. The Morgan fingerprint density at radius 3 is 2.86 bits per heavy atom. The molecule has 6 heteroatoms. The largest absolute Gasteiger partial charge is 0.380 e. The summed E-state index contributed by atoms with van der Waals surface area (Å²) in [6, 6.07) is 6.90. The Morgan fingerprint density at radius 2 is 2.14 bits per heavy atom. The first kappa shape index (κ1) is 15.3. The van der Waals surface area contributed by atoms with Gasteiger partial charge in [0.05, 0.1) is 6.61 Å². The molecule has 0 saturated heterocycles. The predicted molar refractivity (Wildman–Crippen MR) is 80.4 cm³/mol. The van der Waals surface area contributed by atoms with E-state index >= 15 is 0 Å². The quantitative estimate of drug-likeness (QED) is 0.669. The second-order valence-electron chi connectivity index (χ2n) is 4.91. The molecule has 1 aromatic rings. The highest BCUT2D eigenvalue weighted by molar-refractivity contribution is 5.97. The molecule has 0 aliphatic heterocycles. The highest BCUT2D eigenvalue weighted by atomic mass is 16.5. The van der Waals surface area contributed by atoms with Gasteiger partial charge in [-0.05, 0) is 38.0 Å². The van der Waals surface area contributed by atoms with Crippen LogP contribution in [0.1, 0.15) is 30.1 Å². The summed E-state index contributed by atoms with van der Waals surface area (Å²) in [4.78, 5) is 23.6. The third-order valence-electron chi connectivity index (χ3n) is 3.03. The Hall–Kier alpha value is -2.08. The number of nitrogens with one attached hydrogen (secondary N) is 3. The second-order valence-corrected chi connectivity index (χ2v) is 4.91. The van der Waals surface area contributed by atoms with E-state index in [1.807, 2.05) is 6.92 Å². The maximum atomic E-state index is 11.9. The van der Waals surface area contributed by atoms with Crippen molar-refractivity contribution in [1.82, 2.24) is 10.6 Å². The zero-order valence-corrected chi connectivity index (χ0v) is 12.1. The van der Waals surface area contributed by atoms with E-state index in [1.165, 1.54) is 0 Å². The Kier molecular flexibility index (Phi) is 5.57. The molecular weight excluding hydrogens is 270 g/mol. The van der Waals surface area contributed by atoms with Crippen LogP contribution in [-0.4, -0.2) is 37.7 Å². The monoisotopic (exact) mass is 291 g/mol. The second kappa shape index (κ2) is 7.64. The summed E-state index contributed by atoms with van der Waals surface area (Å²) in [5.74, 6) is -0.0992. The third kappa shape index (κ3) is 5.43. The van der Waals surface area contributed by atoms with Crippen LogP contribution in [0.5, 0.6) is 0 Å². The van der Waals surface area contributed by atoms with Crippen LogP contribution in [0.2, 0.25) is 0 Å². The average molecular weight is 291 g/mol. The van der Waals surface area contributed by atoms with Gasteiger partial charge >= 0.3 is 6.03 Å². The molecule has 1 fully saturated rings. The topological polar surface area (TPSA) is 79.5 Å². The highest BCUT2D eigenvalue weighted by Gasteiger charge is 2.23. The van der Waals surface area contributed by atoms with Crippen molar-refractivity contribution in [2.24, 2.45) is 0 Å². The lowest BCUT2D eigenvalue weighted by Gasteiger charge is -2.09. The first-order valence-electron chi connectivity index (χ1n) is 7.22. The van der Waals surface area contributed by atoms with Crippen molar-refractivity contribution in [3.05, 3.63) is 29.8 Å². The van der Waals surface area contributed by atoms with Crippen molar-refractivity contribution < 1.29 is 14.3 Å². The molecule has 1 aliphatic rings. The molecule has 21 heavy (non-hydrogen) atoms. The van der Waals surface area contributed by atoms with Crippen LogP contribution in [0.25, 0.3) is 0 Å². The number of carbonyl (C=O) groups excluding carboxylic acids is 2. The molecule has 0 bridgehead atoms. The summed E-state index contributed by atoms with van der Waals surface area (Å²) in [6.45, 7) is 3.45. The summed E-state index contributed by atoms with van der Waals surface area (Å²) >= 11 is 0. The zero-order chi connectivity index (χ0) is 15.1. The summed E-state index contributed by atoms with van der Waals surface area (Å²) in [7, 11) is 0. The van der Waals surface area contributed by atoms with Gasteiger partial charge in [-0.15, -0.1) is 0 Å². The highest BCUT2D eigenvalue weighted by Crippen LogP contribution is 2.20. The fourth-order valence-electron chi connectivity index (χ4n) is 1.79. The van der Waals surface area contributed by atoms with Crippen LogP contribution in [0.15, 0.2) is 24.3 Å². The van der Waals surface area contributed by atoms with Gasteiger partial charge in [0.1, 0.15) is 0 Å². The van der Waals surface area contributed by atoms with E-state index in [0.29, 0.717) is 37.1 Å². The van der Waals surface area contributed by atoms with Gasteiger partial charge in [-0.2, -0.15) is 0 Å². The first-order valence-corrected chi connectivity index (χ1v) is 7.22. The Balaban J connectivity index is 1.82. The number of hydrogen-bond acceptors (Lipinski definition) is 3. The first-order chi connectivity index (χ1) is 10.2. The van der Waals surface area contributed by atoms with Crippen LogP contribution in [0.3, 0.4) is 0 Å². The zero-order valence-electron chi connectivity index (χ0n) is 12.1. The molecule has 1 saturated carbocycles. The lowest BCUT2D eigenvalue weighted by molar-refractivity contribution is 0.0951. The number of carbonyl (C=O) groups is 2. The number of rotatable bonds is 7. The Labute approximate surface area is 124 Å². The van der Waals surface area contributed by atoms with Gasteiger partial charge in [-0.25, -0.2) is 4.79 Å². The minimum atomic E-state index is -0.311. The number of hydrogen-bond donors (Lipinski definition) is 3. The van der Waals surface area contributed by atoms with E-state index in [9.17, 15) is 9.59 Å². The minimum absolute atomic E-state index is 0.0992. The number of urea groups is 1. The fraction of sp³-hybridized carbons (Fsp3) is 0.467. The normalized spacial score (nSPS) is 13.6. The molecule has 1 aromatic carbocycles.